The summed E-state index contributed by atoms with van der Waals surface area (Å²) in [6.45, 7) is 3.55. The second-order valence-corrected chi connectivity index (χ2v) is 3.65. The molecule has 72 valence electrons. The monoisotopic (exact) mass is 207 g/mol. The first-order chi connectivity index (χ1) is 6.83. The summed E-state index contributed by atoms with van der Waals surface area (Å²) in [7, 11) is -1.75. The Labute approximate surface area is 84.8 Å². The van der Waals surface area contributed by atoms with Crippen molar-refractivity contribution in [2.24, 2.45) is 0 Å². The van der Waals surface area contributed by atoms with Crippen molar-refractivity contribution in [2.45, 2.75) is 6.42 Å². The predicted octanol–water partition coefficient (Wildman–Crippen LogP) is 3.90. The predicted molar refractivity (Wildman–Crippen MR) is 58.6 cm³/mol. The third kappa shape index (κ3) is 4.01. The van der Waals surface area contributed by atoms with E-state index in [0.29, 0.717) is 12.2 Å². The van der Waals surface area contributed by atoms with E-state index < -0.39 is 8.03 Å². The minimum atomic E-state index is -1.75. The maximum atomic E-state index is 11.3. The van der Waals surface area contributed by atoms with Crippen LogP contribution < -0.4 is 4.52 Å². The molecule has 1 aromatic rings. The second-order valence-electron chi connectivity index (χ2n) is 2.60. The molecule has 0 aliphatic carbocycles. The molecule has 0 saturated carbocycles. The van der Waals surface area contributed by atoms with Crippen molar-refractivity contribution in [3.05, 3.63) is 54.9 Å². The Bertz CT molecular complexity index is 330. The van der Waals surface area contributed by atoms with Crippen LogP contribution in [0.2, 0.25) is 0 Å². The van der Waals surface area contributed by atoms with Gasteiger partial charge in [0.2, 0.25) is 0 Å². The average Bonchev–Trinajstić information content (AvgIpc) is 2.20. The van der Waals surface area contributed by atoms with Crippen molar-refractivity contribution < 1.29 is 9.09 Å². The smallest absolute Gasteiger partial charge is 0.251 e. The molecule has 0 saturated heterocycles. The molecule has 0 bridgehead atoms. The molecule has 0 aromatic heterocycles. The van der Waals surface area contributed by atoms with E-state index in [4.69, 9.17) is 4.52 Å². The quantitative estimate of drug-likeness (QED) is 0.540. The van der Waals surface area contributed by atoms with Gasteiger partial charge in [-0.2, -0.15) is 0 Å². The van der Waals surface area contributed by atoms with Gasteiger partial charge in [-0.1, -0.05) is 24.3 Å². The van der Waals surface area contributed by atoms with Gasteiger partial charge < -0.3 is 0 Å². The Balaban J connectivity index is 2.45. The van der Waals surface area contributed by atoms with Crippen molar-refractivity contribution in [3.8, 4) is 5.75 Å². The fourth-order valence-corrected chi connectivity index (χ4v) is 1.54. The van der Waals surface area contributed by atoms with E-state index >= 15 is 0 Å². The highest BCUT2D eigenvalue weighted by Crippen LogP contribution is 2.27. The molecule has 1 aromatic carbocycles. The molecule has 0 fully saturated rings. The van der Waals surface area contributed by atoms with Crippen molar-refractivity contribution in [1.82, 2.24) is 0 Å². The molecule has 1 rings (SSSR count). The van der Waals surface area contributed by atoms with E-state index in [0.717, 1.165) is 0 Å². The summed E-state index contributed by atoms with van der Waals surface area (Å²) in [6.07, 6.45) is 4.22. The number of rotatable bonds is 5. The van der Waals surface area contributed by atoms with Crippen LogP contribution in [0.3, 0.4) is 0 Å². The van der Waals surface area contributed by atoms with Gasteiger partial charge >= 0.3 is 8.03 Å². The summed E-state index contributed by atoms with van der Waals surface area (Å²) in [6, 6.07) is 9.11. The largest absolute Gasteiger partial charge is 0.588 e. The van der Waals surface area contributed by atoms with Gasteiger partial charge in [-0.05, 0) is 29.2 Å². The lowest BCUT2D eigenvalue weighted by Gasteiger charge is -1.88. The molecule has 1 atom stereocenters. The highest BCUT2D eigenvalue weighted by Gasteiger charge is 2.12. The average molecular weight is 207 g/mol. The zero-order chi connectivity index (χ0) is 10.2. The Morgan fingerprint density at radius 3 is 2.71 bits per heavy atom. The number of allylic oxidation sites excluding steroid dienone is 2. The van der Waals surface area contributed by atoms with Crippen LogP contribution >= 0.6 is 8.03 Å². The van der Waals surface area contributed by atoms with Crippen molar-refractivity contribution in [1.29, 1.82) is 0 Å². The van der Waals surface area contributed by atoms with Gasteiger partial charge in [0, 0.05) is 0 Å². The molecule has 0 radical (unpaired) electrons. The van der Waals surface area contributed by atoms with E-state index in [1.807, 2.05) is 18.2 Å². The molecular weight excluding hydrogens is 195 g/mol. The number of benzene rings is 1. The fourth-order valence-electron chi connectivity index (χ4n) is 0.859. The first-order valence-electron chi connectivity index (χ1n) is 4.30. The first kappa shape index (κ1) is 10.7. The normalized spacial score (nSPS) is 11.3. The minimum absolute atomic E-state index is 0.622. The van der Waals surface area contributed by atoms with Crippen molar-refractivity contribution in [3.63, 3.8) is 0 Å². The first-order valence-corrected chi connectivity index (χ1v) is 5.54. The van der Waals surface area contributed by atoms with Crippen LogP contribution in [0.5, 0.6) is 5.75 Å². The summed E-state index contributed by atoms with van der Waals surface area (Å²) >= 11 is 0. The summed E-state index contributed by atoms with van der Waals surface area (Å²) in [5.74, 6) is 2.17. The number of hydrogen-bond donors (Lipinski definition) is 0. The van der Waals surface area contributed by atoms with Gasteiger partial charge in [0.1, 0.15) is 0 Å². The summed E-state index contributed by atoms with van der Waals surface area (Å²) < 4.78 is 16.4. The topological polar surface area (TPSA) is 26.3 Å². The lowest BCUT2D eigenvalue weighted by Crippen LogP contribution is -1.77. The molecule has 2 nitrogen and oxygen atoms in total. The summed E-state index contributed by atoms with van der Waals surface area (Å²) in [5.41, 5.74) is 0. The zero-order valence-corrected chi connectivity index (χ0v) is 8.69. The molecule has 0 spiro atoms. The highest BCUT2D eigenvalue weighted by molar-refractivity contribution is 7.43. The van der Waals surface area contributed by atoms with Crippen molar-refractivity contribution in [2.75, 3.05) is 0 Å². The SMILES string of the molecule is C=CCC=C[P+](=O)Oc1ccccc1. The van der Waals surface area contributed by atoms with E-state index in [1.165, 1.54) is 0 Å². The molecule has 0 aliphatic rings. The molecule has 14 heavy (non-hydrogen) atoms. The van der Waals surface area contributed by atoms with Crippen LogP contribution in [-0.2, 0) is 4.57 Å². The Morgan fingerprint density at radius 2 is 2.07 bits per heavy atom. The summed E-state index contributed by atoms with van der Waals surface area (Å²) in [5, 5.41) is 0. The van der Waals surface area contributed by atoms with Gasteiger partial charge in [-0.3, -0.25) is 4.52 Å². The van der Waals surface area contributed by atoms with E-state index in [1.54, 1.807) is 30.1 Å². The van der Waals surface area contributed by atoms with Crippen LogP contribution in [0.4, 0.5) is 0 Å². The molecular formula is C11H12O2P+. The van der Waals surface area contributed by atoms with Crippen LogP contribution in [0, 0.1) is 0 Å². The van der Waals surface area contributed by atoms with Gasteiger partial charge in [0.15, 0.2) is 11.6 Å². The lowest BCUT2D eigenvalue weighted by molar-refractivity contribution is 0.513. The fraction of sp³-hybridized carbons (Fsp3) is 0.0909. The minimum Gasteiger partial charge on any atom is -0.251 e. The molecule has 3 heteroatoms. The molecule has 1 unspecified atom stereocenters. The molecule has 0 heterocycles. The van der Waals surface area contributed by atoms with Gasteiger partial charge in [-0.15, -0.1) is 6.58 Å². The molecule has 0 amide bonds. The van der Waals surface area contributed by atoms with Crippen LogP contribution in [0.25, 0.3) is 0 Å². The Morgan fingerprint density at radius 1 is 1.36 bits per heavy atom. The van der Waals surface area contributed by atoms with Crippen LogP contribution in [0.15, 0.2) is 54.9 Å². The van der Waals surface area contributed by atoms with E-state index in [9.17, 15) is 4.57 Å². The van der Waals surface area contributed by atoms with Crippen LogP contribution in [-0.4, -0.2) is 0 Å². The van der Waals surface area contributed by atoms with E-state index in [2.05, 4.69) is 6.58 Å². The third-order valence-corrected chi connectivity index (χ3v) is 2.31. The third-order valence-electron chi connectivity index (χ3n) is 1.47. The Hall–Kier alpha value is -1.40. The second kappa shape index (κ2) is 6.11. The number of para-hydroxylation sites is 1. The number of hydrogen-bond acceptors (Lipinski definition) is 2. The molecule has 0 aliphatic heterocycles. The van der Waals surface area contributed by atoms with E-state index in [-0.39, 0.29) is 0 Å². The standard InChI is InChI=1S/C11H12O2P/c1-2-3-7-10-14(12)13-11-8-5-4-6-9-11/h2,4-10H,1,3H2/q+1. The van der Waals surface area contributed by atoms with Gasteiger partial charge in [0.05, 0.1) is 0 Å². The lowest BCUT2D eigenvalue weighted by atomic mass is 10.3. The Kier molecular flexibility index (Phi) is 4.66. The maximum absolute atomic E-state index is 11.3. The van der Waals surface area contributed by atoms with Crippen molar-refractivity contribution >= 4 is 8.03 Å². The zero-order valence-electron chi connectivity index (χ0n) is 7.80. The van der Waals surface area contributed by atoms with Gasteiger partial charge in [0.25, 0.3) is 0 Å². The molecule has 0 N–H and O–H groups in total. The van der Waals surface area contributed by atoms with Gasteiger partial charge in [-0.25, -0.2) is 0 Å². The maximum Gasteiger partial charge on any atom is 0.588 e. The van der Waals surface area contributed by atoms with Crippen LogP contribution in [0.1, 0.15) is 6.42 Å². The highest BCUT2D eigenvalue weighted by atomic mass is 31.1. The summed E-state index contributed by atoms with van der Waals surface area (Å²) in [4.78, 5) is 0.